The van der Waals surface area contributed by atoms with E-state index < -0.39 is 11.6 Å². The zero-order valence-corrected chi connectivity index (χ0v) is 21.8. The highest BCUT2D eigenvalue weighted by molar-refractivity contribution is 6.06. The Morgan fingerprint density at radius 2 is 1.89 bits per heavy atom. The van der Waals surface area contributed by atoms with Crippen molar-refractivity contribution in [3.63, 3.8) is 0 Å². The number of benzene rings is 1. The molecule has 0 saturated carbocycles. The normalized spacial score (nSPS) is 16.8. The Hall–Kier alpha value is -3.72. The van der Waals surface area contributed by atoms with E-state index in [0.29, 0.717) is 30.2 Å². The highest BCUT2D eigenvalue weighted by Gasteiger charge is 2.31. The molecule has 3 heterocycles. The molecule has 1 aliphatic rings. The Labute approximate surface area is 216 Å². The molecule has 1 aromatic carbocycles. The first-order chi connectivity index (χ1) is 17.8. The number of hydrogen-bond donors (Lipinski definition) is 0. The Morgan fingerprint density at radius 1 is 1.14 bits per heavy atom. The molecule has 0 bridgehead atoms. The number of anilines is 2. The van der Waals surface area contributed by atoms with Gasteiger partial charge in [0.05, 0.1) is 5.56 Å². The summed E-state index contributed by atoms with van der Waals surface area (Å²) in [6.07, 6.45) is 2.21. The molecule has 3 aromatic rings. The van der Waals surface area contributed by atoms with Crippen LogP contribution in [0.2, 0.25) is 0 Å². The number of pyridine rings is 2. The average Bonchev–Trinajstić information content (AvgIpc) is 2.88. The van der Waals surface area contributed by atoms with Crippen LogP contribution < -0.4 is 4.90 Å². The molecule has 0 N–H and O–H groups in total. The number of carbonyl (C=O) groups excluding carboxylic acids is 1. The lowest BCUT2D eigenvalue weighted by molar-refractivity contribution is -0.106. The van der Waals surface area contributed by atoms with Gasteiger partial charge in [0.1, 0.15) is 29.0 Å². The van der Waals surface area contributed by atoms with E-state index in [9.17, 15) is 9.18 Å². The van der Waals surface area contributed by atoms with Gasteiger partial charge >= 0.3 is 0 Å². The highest BCUT2D eigenvalue weighted by atomic mass is 19.1. The topological polar surface area (TPSA) is 64.9 Å². The van der Waals surface area contributed by atoms with Gasteiger partial charge in [-0.1, -0.05) is 32.0 Å². The first kappa shape index (κ1) is 26.3. The van der Waals surface area contributed by atoms with Crippen molar-refractivity contribution in [1.29, 1.82) is 0 Å². The Balaban J connectivity index is 1.97. The third-order valence-corrected chi connectivity index (χ3v) is 6.64. The maximum Gasteiger partial charge on any atom is 0.221 e. The maximum absolute atomic E-state index is 15.7. The van der Waals surface area contributed by atoms with Crippen molar-refractivity contribution in [1.82, 2.24) is 19.8 Å². The summed E-state index contributed by atoms with van der Waals surface area (Å²) in [5.41, 5.74) is 0.977. The van der Waals surface area contributed by atoms with Gasteiger partial charge in [0.25, 0.3) is 0 Å². The van der Waals surface area contributed by atoms with E-state index in [1.54, 1.807) is 25.4 Å². The first-order valence-electron chi connectivity index (χ1n) is 12.3. The molecule has 0 aliphatic carbocycles. The van der Waals surface area contributed by atoms with Crippen LogP contribution in [0.15, 0.2) is 53.7 Å². The molecule has 0 spiro atoms. The van der Waals surface area contributed by atoms with Gasteiger partial charge < -0.3 is 9.80 Å². The van der Waals surface area contributed by atoms with Crippen molar-refractivity contribution in [2.75, 3.05) is 38.6 Å². The summed E-state index contributed by atoms with van der Waals surface area (Å²) in [6, 6.07) is 10.9. The van der Waals surface area contributed by atoms with Crippen LogP contribution in [0, 0.1) is 11.6 Å². The molecule has 7 nitrogen and oxygen atoms in total. The van der Waals surface area contributed by atoms with Gasteiger partial charge in [-0.05, 0) is 49.7 Å². The SMILES string of the molecule is C/N=C(\c1cc(F)c(-c2ccccc2F)nc1N(C=O)c1ncccc1C(C)C)N1CCN(C)CC1C. The van der Waals surface area contributed by atoms with Crippen LogP contribution in [-0.4, -0.2) is 71.8 Å². The van der Waals surface area contributed by atoms with Gasteiger partial charge in [0.2, 0.25) is 6.41 Å². The van der Waals surface area contributed by atoms with E-state index in [4.69, 9.17) is 0 Å². The molecular formula is C28H32F2N6O. The van der Waals surface area contributed by atoms with E-state index in [1.807, 2.05) is 19.9 Å². The first-order valence-corrected chi connectivity index (χ1v) is 12.3. The van der Waals surface area contributed by atoms with Gasteiger partial charge in [-0.15, -0.1) is 0 Å². The zero-order chi connectivity index (χ0) is 26.7. The fourth-order valence-corrected chi connectivity index (χ4v) is 4.79. The van der Waals surface area contributed by atoms with Crippen molar-refractivity contribution in [2.45, 2.75) is 32.7 Å². The summed E-state index contributed by atoms with van der Waals surface area (Å²) in [5.74, 6) is -0.226. The molecule has 1 fully saturated rings. The van der Waals surface area contributed by atoms with Crippen LogP contribution in [0.5, 0.6) is 0 Å². The second-order valence-electron chi connectivity index (χ2n) is 9.57. The van der Waals surface area contributed by atoms with E-state index in [0.717, 1.165) is 18.7 Å². The number of rotatable bonds is 6. The number of aliphatic imine (C=N–C) groups is 1. The smallest absolute Gasteiger partial charge is 0.221 e. The number of aromatic nitrogens is 2. The summed E-state index contributed by atoms with van der Waals surface area (Å²) in [4.78, 5) is 31.8. The number of nitrogens with zero attached hydrogens (tertiary/aromatic N) is 6. The molecule has 1 amide bonds. The minimum absolute atomic E-state index is 0.00621. The zero-order valence-electron chi connectivity index (χ0n) is 21.8. The minimum Gasteiger partial charge on any atom is -0.351 e. The molecular weight excluding hydrogens is 474 g/mol. The molecule has 9 heteroatoms. The third-order valence-electron chi connectivity index (χ3n) is 6.64. The second kappa shape index (κ2) is 11.1. The minimum atomic E-state index is -0.706. The van der Waals surface area contributed by atoms with Gasteiger partial charge in [0.15, 0.2) is 5.82 Å². The quantitative estimate of drug-likeness (QED) is 0.272. The largest absolute Gasteiger partial charge is 0.351 e. The number of amidine groups is 1. The molecule has 4 rings (SSSR count). The highest BCUT2D eigenvalue weighted by Crippen LogP contribution is 2.35. The van der Waals surface area contributed by atoms with Gasteiger partial charge in [-0.25, -0.2) is 23.6 Å². The molecule has 1 aliphatic heterocycles. The van der Waals surface area contributed by atoms with Crippen LogP contribution in [-0.2, 0) is 4.79 Å². The maximum atomic E-state index is 15.7. The van der Waals surface area contributed by atoms with Gasteiger partial charge in [0, 0.05) is 44.5 Å². The number of hydrogen-bond acceptors (Lipinski definition) is 5. The lowest BCUT2D eigenvalue weighted by Gasteiger charge is -2.40. The van der Waals surface area contributed by atoms with Crippen LogP contribution in [0.1, 0.15) is 37.8 Å². The monoisotopic (exact) mass is 506 g/mol. The van der Waals surface area contributed by atoms with E-state index in [2.05, 4.69) is 38.7 Å². The molecule has 1 atom stereocenters. The summed E-state index contributed by atoms with van der Waals surface area (Å²) in [5, 5.41) is 0. The standard InChI is InChI=1S/C28H32F2N6O/c1-18(2)20-10-8-12-32-27(20)36(17-37)28-22(26(31-4)35-14-13-34(5)16-19(35)3)15-24(30)25(33-28)21-9-6-7-11-23(21)29/h6-12,15,17-19H,13-14,16H2,1-5H3/b31-26+. The second-order valence-corrected chi connectivity index (χ2v) is 9.57. The van der Waals surface area contributed by atoms with Crippen molar-refractivity contribution in [3.8, 4) is 11.3 Å². The average molecular weight is 507 g/mol. The van der Waals surface area contributed by atoms with E-state index >= 15 is 4.39 Å². The van der Waals surface area contributed by atoms with Gasteiger partial charge in [-0.3, -0.25) is 9.79 Å². The predicted molar refractivity (Wildman–Crippen MR) is 142 cm³/mol. The van der Waals surface area contributed by atoms with Crippen LogP contribution in [0.3, 0.4) is 0 Å². The molecule has 1 unspecified atom stereocenters. The van der Waals surface area contributed by atoms with Crippen LogP contribution in [0.4, 0.5) is 20.4 Å². The number of carbonyl (C=O) groups is 1. The predicted octanol–water partition coefficient (Wildman–Crippen LogP) is 4.85. The third kappa shape index (κ3) is 5.22. The lowest BCUT2D eigenvalue weighted by atomic mass is 10.0. The Morgan fingerprint density at radius 3 is 2.54 bits per heavy atom. The molecule has 0 radical (unpaired) electrons. The summed E-state index contributed by atoms with van der Waals surface area (Å²) in [7, 11) is 3.69. The van der Waals surface area contributed by atoms with Crippen molar-refractivity contribution in [3.05, 3.63) is 71.4 Å². The summed E-state index contributed by atoms with van der Waals surface area (Å²) < 4.78 is 30.4. The fraction of sp³-hybridized carbons (Fsp3) is 0.357. The van der Waals surface area contributed by atoms with Crippen molar-refractivity contribution < 1.29 is 13.6 Å². The summed E-state index contributed by atoms with van der Waals surface area (Å²) in [6.45, 7) is 8.34. The Kier molecular flexibility index (Phi) is 7.92. The fourth-order valence-electron chi connectivity index (χ4n) is 4.79. The van der Waals surface area contributed by atoms with Crippen molar-refractivity contribution in [2.24, 2.45) is 4.99 Å². The Bertz CT molecular complexity index is 1310. The van der Waals surface area contributed by atoms with Crippen LogP contribution >= 0.6 is 0 Å². The lowest BCUT2D eigenvalue weighted by Crippen LogP contribution is -2.53. The number of piperazine rings is 1. The molecule has 2 aromatic heterocycles. The van der Waals surface area contributed by atoms with E-state index in [1.165, 1.54) is 29.2 Å². The van der Waals surface area contributed by atoms with Gasteiger partial charge in [-0.2, -0.15) is 0 Å². The van der Waals surface area contributed by atoms with Crippen LogP contribution in [0.25, 0.3) is 11.3 Å². The van der Waals surface area contributed by atoms with E-state index in [-0.39, 0.29) is 29.0 Å². The summed E-state index contributed by atoms with van der Waals surface area (Å²) >= 11 is 0. The molecule has 1 saturated heterocycles. The van der Waals surface area contributed by atoms with Crippen molar-refractivity contribution >= 4 is 23.9 Å². The number of halogens is 2. The molecule has 37 heavy (non-hydrogen) atoms. The number of amides is 1. The number of likely N-dealkylation sites (N-methyl/N-ethyl adjacent to an activating group) is 1. The molecule has 194 valence electrons.